The molecule has 9 heteroatoms. The van der Waals surface area contributed by atoms with Crippen molar-refractivity contribution < 1.29 is 42.9 Å². The molecule has 9 nitrogen and oxygen atoms in total. The van der Waals surface area contributed by atoms with Gasteiger partial charge in [0, 0.05) is 12.8 Å². The molecule has 0 heterocycles. The zero-order valence-corrected chi connectivity index (χ0v) is 39.0. The number of carboxylic acids is 1. The van der Waals surface area contributed by atoms with Crippen LogP contribution >= 0.6 is 0 Å². The molecule has 0 aromatic carbocycles. The predicted molar refractivity (Wildman–Crippen MR) is 253 cm³/mol. The van der Waals surface area contributed by atoms with Crippen LogP contribution in [0.5, 0.6) is 0 Å². The van der Waals surface area contributed by atoms with Crippen LogP contribution in [-0.4, -0.2) is 87.4 Å². The van der Waals surface area contributed by atoms with E-state index in [0.717, 1.165) is 89.9 Å². The predicted octanol–water partition coefficient (Wildman–Crippen LogP) is 12.7. The summed E-state index contributed by atoms with van der Waals surface area (Å²) in [6, 6.07) is 0. The Morgan fingerprint density at radius 3 is 1.34 bits per heavy atom. The van der Waals surface area contributed by atoms with Crippen LogP contribution in [0.25, 0.3) is 0 Å². The van der Waals surface area contributed by atoms with E-state index in [-0.39, 0.29) is 32.7 Å². The number of aliphatic carboxylic acids is 1. The lowest BCUT2D eigenvalue weighted by Gasteiger charge is -2.25. The Hall–Kier alpha value is -3.79. The fourth-order valence-electron chi connectivity index (χ4n) is 5.76. The van der Waals surface area contributed by atoms with Gasteiger partial charge in [-0.2, -0.15) is 0 Å². The van der Waals surface area contributed by atoms with Crippen LogP contribution in [0.2, 0.25) is 0 Å². The maximum atomic E-state index is 12.8. The van der Waals surface area contributed by atoms with Gasteiger partial charge in [-0.25, -0.2) is 4.79 Å². The summed E-state index contributed by atoms with van der Waals surface area (Å²) in [4.78, 5) is 37.2. The van der Waals surface area contributed by atoms with Crippen LogP contribution in [0.15, 0.2) is 97.2 Å². The van der Waals surface area contributed by atoms with Gasteiger partial charge in [-0.15, -0.1) is 0 Å². The highest BCUT2D eigenvalue weighted by atomic mass is 16.7. The quantitative estimate of drug-likeness (QED) is 0.0213. The summed E-state index contributed by atoms with van der Waals surface area (Å²) < 4.78 is 22.7. The molecule has 0 aliphatic carbocycles. The number of quaternary nitrogens is 1. The summed E-state index contributed by atoms with van der Waals surface area (Å²) in [5, 5.41) is 9.65. The van der Waals surface area contributed by atoms with Gasteiger partial charge in [0.25, 0.3) is 6.29 Å². The Morgan fingerprint density at radius 1 is 0.492 bits per heavy atom. The van der Waals surface area contributed by atoms with Gasteiger partial charge in [-0.1, -0.05) is 150 Å². The summed E-state index contributed by atoms with van der Waals surface area (Å²) in [7, 11) is 5.93. The van der Waals surface area contributed by atoms with Gasteiger partial charge < -0.3 is 28.5 Å². The van der Waals surface area contributed by atoms with E-state index in [0.29, 0.717) is 23.9 Å². The minimum Gasteiger partial charge on any atom is -0.477 e. The molecule has 61 heavy (non-hydrogen) atoms. The van der Waals surface area contributed by atoms with Crippen molar-refractivity contribution in [3.8, 4) is 0 Å². The SMILES string of the molecule is CC/C=C\C/C=C\C/C=C\C/C=C\CCCCCCCCCCC(=O)OC(COC(=O)CCCC/C=C\C/C=C\C/C=C\C/C=C\CC)COC(OCC[N+](C)(C)C)C(=O)O. The number of rotatable bonds is 41. The Kier molecular flexibility index (Phi) is 40.2. The molecule has 0 radical (unpaired) electrons. The average molecular weight is 853 g/mol. The van der Waals surface area contributed by atoms with Gasteiger partial charge in [0.15, 0.2) is 6.10 Å². The van der Waals surface area contributed by atoms with Crippen molar-refractivity contribution in [3.63, 3.8) is 0 Å². The normalized spacial score (nSPS) is 13.8. The van der Waals surface area contributed by atoms with Crippen LogP contribution in [0, 0.1) is 0 Å². The Morgan fingerprint density at radius 2 is 0.885 bits per heavy atom. The maximum absolute atomic E-state index is 12.8. The monoisotopic (exact) mass is 853 g/mol. The van der Waals surface area contributed by atoms with Gasteiger partial charge in [0.1, 0.15) is 13.2 Å². The molecule has 0 aromatic heterocycles. The fourth-order valence-corrected chi connectivity index (χ4v) is 5.76. The number of carbonyl (C=O) groups is 3. The molecule has 0 saturated heterocycles. The van der Waals surface area contributed by atoms with Crippen LogP contribution in [0.1, 0.15) is 155 Å². The standard InChI is InChI=1S/C52H85NO8/c1-6-8-10-12-14-16-18-20-22-23-24-25-26-27-29-31-33-35-37-39-41-43-50(55)61-48(47-60-52(51(56)57)58-45-44-53(3,4)5)46-59-49(54)42-40-38-36-34-32-30-28-21-19-17-15-13-11-9-7-2/h8-11,14-17,20-22,24-25,28,32,34,48,52H,6-7,12-13,18-19,23,26-27,29-31,33,35-47H2,1-5H3/p+1/b10-8-,11-9-,16-14-,17-15-,22-20-,25-24-,28-21-,34-32-. The Bertz CT molecular complexity index is 1320. The number of carbonyl (C=O) groups excluding carboxylic acids is 2. The Balaban J connectivity index is 4.48. The van der Waals surface area contributed by atoms with Crippen molar-refractivity contribution in [1.82, 2.24) is 0 Å². The number of carboxylic acid groups (broad SMARTS) is 1. The number of nitrogens with zero attached hydrogens (tertiary/aromatic N) is 1. The van der Waals surface area contributed by atoms with E-state index in [9.17, 15) is 19.5 Å². The van der Waals surface area contributed by atoms with Crippen molar-refractivity contribution >= 4 is 17.9 Å². The molecular formula is C52H86NO8+. The van der Waals surface area contributed by atoms with E-state index in [1.807, 2.05) is 21.1 Å². The van der Waals surface area contributed by atoms with Crippen molar-refractivity contribution in [2.75, 3.05) is 47.5 Å². The molecule has 0 bridgehead atoms. The second kappa shape index (κ2) is 42.9. The highest BCUT2D eigenvalue weighted by Gasteiger charge is 2.25. The molecule has 0 rings (SSSR count). The van der Waals surface area contributed by atoms with Gasteiger partial charge in [-0.3, -0.25) is 9.59 Å². The lowest BCUT2D eigenvalue weighted by Crippen LogP contribution is -2.40. The number of unbranched alkanes of at least 4 members (excludes halogenated alkanes) is 10. The van der Waals surface area contributed by atoms with E-state index >= 15 is 0 Å². The molecule has 346 valence electrons. The highest BCUT2D eigenvalue weighted by Crippen LogP contribution is 2.13. The molecule has 0 aliphatic rings. The van der Waals surface area contributed by atoms with Crippen LogP contribution in [0.3, 0.4) is 0 Å². The van der Waals surface area contributed by atoms with Crippen molar-refractivity contribution in [3.05, 3.63) is 97.2 Å². The molecule has 1 N–H and O–H groups in total. The number of esters is 2. The van der Waals surface area contributed by atoms with Crippen molar-refractivity contribution in [1.29, 1.82) is 0 Å². The molecule has 0 saturated carbocycles. The number of ether oxygens (including phenoxy) is 4. The molecule has 2 unspecified atom stereocenters. The molecule has 0 aromatic rings. The molecule has 0 amide bonds. The summed E-state index contributed by atoms with van der Waals surface area (Å²) in [6.07, 6.45) is 53.3. The first-order valence-electron chi connectivity index (χ1n) is 23.4. The average Bonchev–Trinajstić information content (AvgIpc) is 3.22. The summed E-state index contributed by atoms with van der Waals surface area (Å²) in [5.41, 5.74) is 0. The van der Waals surface area contributed by atoms with Gasteiger partial charge in [0.05, 0.1) is 34.4 Å². The third kappa shape index (κ3) is 44.1. The second-order valence-electron chi connectivity index (χ2n) is 16.3. The smallest absolute Gasteiger partial charge is 0.361 e. The van der Waals surface area contributed by atoms with E-state index in [4.69, 9.17) is 18.9 Å². The number of likely N-dealkylation sites (N-methyl/N-ethyl adjacent to an activating group) is 1. The second-order valence-corrected chi connectivity index (χ2v) is 16.3. The van der Waals surface area contributed by atoms with Gasteiger partial charge >= 0.3 is 17.9 Å². The summed E-state index contributed by atoms with van der Waals surface area (Å²) in [5.74, 6) is -2.09. The largest absolute Gasteiger partial charge is 0.477 e. The maximum Gasteiger partial charge on any atom is 0.361 e. The number of allylic oxidation sites excluding steroid dienone is 16. The lowest BCUT2D eigenvalue weighted by atomic mass is 10.1. The minimum absolute atomic E-state index is 0.173. The topological polar surface area (TPSA) is 108 Å². The molecule has 0 aliphatic heterocycles. The van der Waals surface area contributed by atoms with E-state index in [1.54, 1.807) is 0 Å². The molecule has 0 fully saturated rings. The summed E-state index contributed by atoms with van der Waals surface area (Å²) in [6.45, 7) is 4.56. The van der Waals surface area contributed by atoms with E-state index < -0.39 is 30.3 Å². The third-order valence-corrected chi connectivity index (χ3v) is 9.34. The van der Waals surface area contributed by atoms with E-state index in [1.165, 1.54) is 25.7 Å². The molecular weight excluding hydrogens is 767 g/mol. The summed E-state index contributed by atoms with van der Waals surface area (Å²) >= 11 is 0. The van der Waals surface area contributed by atoms with Crippen LogP contribution in [-0.2, 0) is 33.3 Å². The zero-order chi connectivity index (χ0) is 44.9. The van der Waals surface area contributed by atoms with Crippen LogP contribution in [0.4, 0.5) is 0 Å². The van der Waals surface area contributed by atoms with Gasteiger partial charge in [-0.05, 0) is 89.9 Å². The number of hydrogen-bond donors (Lipinski definition) is 1. The van der Waals surface area contributed by atoms with E-state index in [2.05, 4.69) is 111 Å². The van der Waals surface area contributed by atoms with Crippen LogP contribution < -0.4 is 0 Å². The number of hydrogen-bond acceptors (Lipinski definition) is 7. The Labute approximate surface area is 372 Å². The highest BCUT2D eigenvalue weighted by molar-refractivity contribution is 5.71. The minimum atomic E-state index is -1.53. The first-order chi connectivity index (χ1) is 29.6. The molecule has 2 atom stereocenters. The third-order valence-electron chi connectivity index (χ3n) is 9.34. The first kappa shape index (κ1) is 57.2. The fraction of sp³-hybridized carbons (Fsp3) is 0.635. The molecule has 0 spiro atoms. The van der Waals surface area contributed by atoms with Gasteiger partial charge in [0.2, 0.25) is 0 Å². The van der Waals surface area contributed by atoms with Crippen molar-refractivity contribution in [2.45, 2.75) is 167 Å². The zero-order valence-electron chi connectivity index (χ0n) is 39.0. The lowest BCUT2D eigenvalue weighted by molar-refractivity contribution is -0.870. The first-order valence-corrected chi connectivity index (χ1v) is 23.4. The van der Waals surface area contributed by atoms with Crippen molar-refractivity contribution in [2.24, 2.45) is 0 Å².